The Morgan fingerprint density at radius 3 is 2.30 bits per heavy atom. The van der Waals surface area contributed by atoms with E-state index in [4.69, 9.17) is 4.74 Å². The molecule has 0 amide bonds. The lowest BCUT2D eigenvalue weighted by Gasteiger charge is -2.37. The van der Waals surface area contributed by atoms with Crippen LogP contribution in [0.4, 0.5) is 0 Å². The number of benzene rings is 1. The van der Waals surface area contributed by atoms with E-state index in [0.717, 1.165) is 30.0 Å². The van der Waals surface area contributed by atoms with Crippen molar-refractivity contribution in [3.8, 4) is 5.75 Å². The van der Waals surface area contributed by atoms with Crippen molar-refractivity contribution in [2.75, 3.05) is 39.8 Å². The van der Waals surface area contributed by atoms with Crippen molar-refractivity contribution in [1.82, 2.24) is 9.80 Å². The van der Waals surface area contributed by atoms with E-state index in [2.05, 4.69) is 46.2 Å². The van der Waals surface area contributed by atoms with Crippen molar-refractivity contribution in [2.45, 2.75) is 19.4 Å². The maximum absolute atomic E-state index is 5.23. The van der Waals surface area contributed by atoms with Crippen molar-refractivity contribution < 1.29 is 4.74 Å². The van der Waals surface area contributed by atoms with Gasteiger partial charge in [0.05, 0.1) is 7.11 Å². The quantitative estimate of drug-likeness (QED) is 0.777. The predicted molar refractivity (Wildman–Crippen MR) is 93.6 cm³/mol. The topological polar surface area (TPSA) is 15.7 Å². The van der Waals surface area contributed by atoms with Gasteiger partial charge in [0.15, 0.2) is 0 Å². The second-order valence-corrected chi connectivity index (χ2v) is 7.47. The van der Waals surface area contributed by atoms with Gasteiger partial charge in [-0.05, 0) is 48.3 Å². The van der Waals surface area contributed by atoms with Crippen LogP contribution in [0, 0.1) is 17.8 Å². The molecule has 1 saturated carbocycles. The molecular formula is C20H28N2O. The fourth-order valence-electron chi connectivity index (χ4n) is 4.56. The first-order valence-electron chi connectivity index (χ1n) is 9.06. The third-order valence-corrected chi connectivity index (χ3v) is 5.94. The summed E-state index contributed by atoms with van der Waals surface area (Å²) in [5, 5.41) is 0. The standard InChI is InChI=1S/C20H28N2O/c1-23-20-6-3-16(4-7-20)14-21-8-10-22(11-9-21)15-19-13-17-2-5-18(19)12-17/h2-7,17-19H,8-15H2,1H3. The van der Waals surface area contributed by atoms with Crippen molar-refractivity contribution in [3.05, 3.63) is 42.0 Å². The molecule has 1 heterocycles. The van der Waals surface area contributed by atoms with Crippen LogP contribution in [0.15, 0.2) is 36.4 Å². The minimum atomic E-state index is 0.886. The molecule has 124 valence electrons. The predicted octanol–water partition coefficient (Wildman–Crippen LogP) is 3.03. The number of fused-ring (bicyclic) bond motifs is 2. The molecule has 3 unspecified atom stereocenters. The van der Waals surface area contributed by atoms with E-state index in [1.54, 1.807) is 7.11 Å². The molecule has 2 fully saturated rings. The Hall–Kier alpha value is -1.32. The molecule has 2 bridgehead atoms. The smallest absolute Gasteiger partial charge is 0.118 e. The molecule has 3 atom stereocenters. The fraction of sp³-hybridized carbons (Fsp3) is 0.600. The lowest BCUT2D eigenvalue weighted by atomic mass is 9.93. The Morgan fingerprint density at radius 2 is 1.70 bits per heavy atom. The molecule has 1 aromatic carbocycles. The van der Waals surface area contributed by atoms with Crippen molar-refractivity contribution in [2.24, 2.45) is 17.8 Å². The summed E-state index contributed by atoms with van der Waals surface area (Å²) in [6.45, 7) is 7.24. The Morgan fingerprint density at radius 1 is 0.957 bits per heavy atom. The number of rotatable bonds is 5. The number of ether oxygens (including phenoxy) is 1. The van der Waals surface area contributed by atoms with Gasteiger partial charge in [0.25, 0.3) is 0 Å². The zero-order chi connectivity index (χ0) is 15.6. The Bertz CT molecular complexity index is 545. The molecule has 3 heteroatoms. The number of allylic oxidation sites excluding steroid dienone is 2. The molecule has 0 spiro atoms. The van der Waals surface area contributed by atoms with Crippen LogP contribution in [0.25, 0.3) is 0 Å². The third-order valence-electron chi connectivity index (χ3n) is 5.94. The maximum Gasteiger partial charge on any atom is 0.118 e. The number of hydrogen-bond acceptors (Lipinski definition) is 3. The molecule has 0 N–H and O–H groups in total. The minimum absolute atomic E-state index is 0.886. The molecule has 23 heavy (non-hydrogen) atoms. The fourth-order valence-corrected chi connectivity index (χ4v) is 4.56. The summed E-state index contributed by atoms with van der Waals surface area (Å²) in [7, 11) is 1.72. The van der Waals surface area contributed by atoms with Crippen molar-refractivity contribution in [3.63, 3.8) is 0 Å². The molecule has 1 aromatic rings. The van der Waals surface area contributed by atoms with Crippen LogP contribution in [0.3, 0.4) is 0 Å². The van der Waals surface area contributed by atoms with E-state index < -0.39 is 0 Å². The summed E-state index contributed by atoms with van der Waals surface area (Å²) >= 11 is 0. The minimum Gasteiger partial charge on any atom is -0.497 e. The molecule has 1 saturated heterocycles. The first-order valence-corrected chi connectivity index (χ1v) is 9.06. The molecule has 2 aliphatic carbocycles. The van der Waals surface area contributed by atoms with Crippen LogP contribution >= 0.6 is 0 Å². The van der Waals surface area contributed by atoms with E-state index in [-0.39, 0.29) is 0 Å². The average molecular weight is 312 g/mol. The summed E-state index contributed by atoms with van der Waals surface area (Å²) in [5.41, 5.74) is 1.39. The third kappa shape index (κ3) is 3.46. The van der Waals surface area contributed by atoms with Gasteiger partial charge in [-0.15, -0.1) is 0 Å². The number of piperazine rings is 1. The van der Waals surface area contributed by atoms with Gasteiger partial charge < -0.3 is 9.64 Å². The van der Waals surface area contributed by atoms with Crippen LogP contribution in [0.5, 0.6) is 5.75 Å². The summed E-state index contributed by atoms with van der Waals surface area (Å²) in [5.74, 6) is 3.66. The van der Waals surface area contributed by atoms with Gasteiger partial charge in [-0.25, -0.2) is 0 Å². The summed E-state index contributed by atoms with van der Waals surface area (Å²) < 4.78 is 5.23. The maximum atomic E-state index is 5.23. The van der Waals surface area contributed by atoms with Crippen LogP contribution in [0.1, 0.15) is 18.4 Å². The van der Waals surface area contributed by atoms with Crippen LogP contribution in [-0.4, -0.2) is 49.6 Å². The number of nitrogens with zero attached hydrogens (tertiary/aromatic N) is 2. The zero-order valence-corrected chi connectivity index (χ0v) is 14.2. The SMILES string of the molecule is COc1ccc(CN2CCN(CC3CC4C=CC3C4)CC2)cc1. The number of methoxy groups -OCH3 is 1. The zero-order valence-electron chi connectivity index (χ0n) is 14.2. The summed E-state index contributed by atoms with van der Waals surface area (Å²) in [6, 6.07) is 8.50. The van der Waals surface area contributed by atoms with Gasteiger partial charge in [-0.2, -0.15) is 0 Å². The van der Waals surface area contributed by atoms with Gasteiger partial charge in [0, 0.05) is 39.3 Å². The molecular weight excluding hydrogens is 284 g/mol. The molecule has 3 nitrogen and oxygen atoms in total. The largest absolute Gasteiger partial charge is 0.497 e. The Balaban J connectivity index is 1.23. The highest BCUT2D eigenvalue weighted by Crippen LogP contribution is 2.43. The van der Waals surface area contributed by atoms with Crippen LogP contribution < -0.4 is 4.74 Å². The van der Waals surface area contributed by atoms with E-state index in [9.17, 15) is 0 Å². The van der Waals surface area contributed by atoms with E-state index in [1.165, 1.54) is 51.1 Å². The van der Waals surface area contributed by atoms with Gasteiger partial charge in [-0.3, -0.25) is 4.90 Å². The van der Waals surface area contributed by atoms with Gasteiger partial charge >= 0.3 is 0 Å². The van der Waals surface area contributed by atoms with Gasteiger partial charge in [0.1, 0.15) is 5.75 Å². The van der Waals surface area contributed by atoms with Crippen molar-refractivity contribution >= 4 is 0 Å². The highest BCUT2D eigenvalue weighted by molar-refractivity contribution is 5.27. The van der Waals surface area contributed by atoms with Crippen LogP contribution in [0.2, 0.25) is 0 Å². The van der Waals surface area contributed by atoms with Gasteiger partial charge in [-0.1, -0.05) is 24.3 Å². The lowest BCUT2D eigenvalue weighted by Crippen LogP contribution is -2.47. The average Bonchev–Trinajstić information content (AvgIpc) is 3.20. The molecule has 0 radical (unpaired) electrons. The molecule has 4 rings (SSSR count). The highest BCUT2D eigenvalue weighted by Gasteiger charge is 2.36. The first-order chi connectivity index (χ1) is 11.3. The normalized spacial score (nSPS) is 30.9. The Kier molecular flexibility index (Phi) is 4.41. The summed E-state index contributed by atoms with van der Waals surface area (Å²) in [6.07, 6.45) is 7.81. The second kappa shape index (κ2) is 6.66. The second-order valence-electron chi connectivity index (χ2n) is 7.47. The lowest BCUT2D eigenvalue weighted by molar-refractivity contribution is 0.108. The van der Waals surface area contributed by atoms with Crippen molar-refractivity contribution in [1.29, 1.82) is 0 Å². The Labute approximate surface area is 139 Å². The number of hydrogen-bond donors (Lipinski definition) is 0. The van der Waals surface area contributed by atoms with Crippen LogP contribution in [-0.2, 0) is 6.54 Å². The highest BCUT2D eigenvalue weighted by atomic mass is 16.5. The first kappa shape index (κ1) is 15.2. The van der Waals surface area contributed by atoms with Gasteiger partial charge in [0.2, 0.25) is 0 Å². The summed E-state index contributed by atoms with van der Waals surface area (Å²) in [4.78, 5) is 5.28. The van der Waals surface area contributed by atoms with E-state index >= 15 is 0 Å². The molecule has 3 aliphatic rings. The van der Waals surface area contributed by atoms with E-state index in [0.29, 0.717) is 0 Å². The monoisotopic (exact) mass is 312 g/mol. The molecule has 1 aliphatic heterocycles. The van der Waals surface area contributed by atoms with E-state index in [1.807, 2.05) is 0 Å². The molecule has 0 aromatic heterocycles.